The highest BCUT2D eigenvalue weighted by Gasteiger charge is 2.07. The minimum atomic E-state index is -0.205. The van der Waals surface area contributed by atoms with E-state index in [-0.39, 0.29) is 18.4 Å². The van der Waals surface area contributed by atoms with Gasteiger partial charge in [-0.3, -0.25) is 9.59 Å². The zero-order valence-corrected chi connectivity index (χ0v) is 14.7. The predicted molar refractivity (Wildman–Crippen MR) is 95.5 cm³/mol. The van der Waals surface area contributed by atoms with E-state index in [1.165, 1.54) is 0 Å². The summed E-state index contributed by atoms with van der Waals surface area (Å²) in [5, 5.41) is 7.45. The second kappa shape index (κ2) is 9.08. The fraction of sp³-hybridized carbons (Fsp3) is 0.333. The number of nitrogens with one attached hydrogen (secondary N) is 2. The monoisotopic (exact) mass is 346 g/mol. The standard InChI is InChI=1S/C18H22N2O3S/c1-13-5-3-7-16(14(13)2)23-12-18(22)20-9-8-19-17(21)11-15-6-4-10-24-15/h3-7,10H,8-9,11-12H2,1-2H3,(H,19,21)(H,20,22). The lowest BCUT2D eigenvalue weighted by Gasteiger charge is -2.11. The Labute approximate surface area is 146 Å². The molecule has 1 heterocycles. The Kier molecular flexibility index (Phi) is 6.81. The Bertz CT molecular complexity index is 684. The van der Waals surface area contributed by atoms with E-state index in [0.29, 0.717) is 19.5 Å². The van der Waals surface area contributed by atoms with Crippen LogP contribution in [0.3, 0.4) is 0 Å². The second-order valence-electron chi connectivity index (χ2n) is 5.44. The Balaban J connectivity index is 1.61. The molecule has 5 nitrogen and oxygen atoms in total. The van der Waals surface area contributed by atoms with Crippen LogP contribution in [0.1, 0.15) is 16.0 Å². The topological polar surface area (TPSA) is 67.4 Å². The summed E-state index contributed by atoms with van der Waals surface area (Å²) in [4.78, 5) is 24.5. The molecule has 0 radical (unpaired) electrons. The summed E-state index contributed by atoms with van der Waals surface area (Å²) in [5.74, 6) is 0.469. The normalized spacial score (nSPS) is 10.2. The highest BCUT2D eigenvalue weighted by molar-refractivity contribution is 7.10. The molecule has 1 aromatic heterocycles. The number of hydrogen-bond donors (Lipinski definition) is 2. The smallest absolute Gasteiger partial charge is 0.258 e. The van der Waals surface area contributed by atoms with Gasteiger partial charge in [0.1, 0.15) is 5.75 Å². The first-order chi connectivity index (χ1) is 11.6. The zero-order chi connectivity index (χ0) is 17.4. The van der Waals surface area contributed by atoms with Crippen molar-refractivity contribution in [2.24, 2.45) is 0 Å². The molecular weight excluding hydrogens is 324 g/mol. The maximum absolute atomic E-state index is 11.8. The van der Waals surface area contributed by atoms with Crippen molar-refractivity contribution in [1.29, 1.82) is 0 Å². The molecule has 0 unspecified atom stereocenters. The van der Waals surface area contributed by atoms with Crippen LogP contribution in [-0.2, 0) is 16.0 Å². The molecule has 2 rings (SSSR count). The highest BCUT2D eigenvalue weighted by atomic mass is 32.1. The molecular formula is C18H22N2O3S. The maximum atomic E-state index is 11.8. The average Bonchev–Trinajstić information content (AvgIpc) is 3.06. The van der Waals surface area contributed by atoms with Crippen molar-refractivity contribution in [3.05, 3.63) is 51.7 Å². The maximum Gasteiger partial charge on any atom is 0.258 e. The van der Waals surface area contributed by atoms with Crippen LogP contribution in [0, 0.1) is 13.8 Å². The molecule has 2 amide bonds. The third-order valence-electron chi connectivity index (χ3n) is 3.60. The zero-order valence-electron chi connectivity index (χ0n) is 13.9. The number of thiophene rings is 1. The van der Waals surface area contributed by atoms with Gasteiger partial charge < -0.3 is 15.4 Å². The number of hydrogen-bond acceptors (Lipinski definition) is 4. The Hall–Kier alpha value is -2.34. The van der Waals surface area contributed by atoms with Gasteiger partial charge in [-0.05, 0) is 42.5 Å². The molecule has 0 bridgehead atoms. The molecule has 24 heavy (non-hydrogen) atoms. The van der Waals surface area contributed by atoms with E-state index in [1.54, 1.807) is 11.3 Å². The summed E-state index contributed by atoms with van der Waals surface area (Å²) in [6, 6.07) is 9.60. The van der Waals surface area contributed by atoms with Crippen molar-refractivity contribution in [3.63, 3.8) is 0 Å². The van der Waals surface area contributed by atoms with Crippen LogP contribution in [0.15, 0.2) is 35.7 Å². The van der Waals surface area contributed by atoms with E-state index in [0.717, 1.165) is 21.8 Å². The van der Waals surface area contributed by atoms with Gasteiger partial charge in [0, 0.05) is 18.0 Å². The van der Waals surface area contributed by atoms with Crippen molar-refractivity contribution in [3.8, 4) is 5.75 Å². The van der Waals surface area contributed by atoms with E-state index in [1.807, 2.05) is 49.6 Å². The van der Waals surface area contributed by atoms with Gasteiger partial charge in [0.15, 0.2) is 6.61 Å². The average molecular weight is 346 g/mol. The van der Waals surface area contributed by atoms with Gasteiger partial charge in [0.2, 0.25) is 5.91 Å². The van der Waals surface area contributed by atoms with Crippen molar-refractivity contribution >= 4 is 23.2 Å². The third kappa shape index (κ3) is 5.70. The number of ether oxygens (including phenoxy) is 1. The molecule has 0 aliphatic rings. The number of aryl methyl sites for hydroxylation is 1. The molecule has 2 N–H and O–H groups in total. The summed E-state index contributed by atoms with van der Waals surface area (Å²) in [5.41, 5.74) is 2.16. The van der Waals surface area contributed by atoms with Gasteiger partial charge in [0.05, 0.1) is 6.42 Å². The minimum absolute atomic E-state index is 0.0343. The summed E-state index contributed by atoms with van der Waals surface area (Å²) in [7, 11) is 0. The largest absolute Gasteiger partial charge is 0.483 e. The fourth-order valence-corrected chi connectivity index (χ4v) is 2.82. The lowest BCUT2D eigenvalue weighted by atomic mass is 10.1. The fourth-order valence-electron chi connectivity index (χ4n) is 2.11. The Morgan fingerprint density at radius 2 is 1.79 bits per heavy atom. The predicted octanol–water partition coefficient (Wildman–Crippen LogP) is 2.22. The van der Waals surface area contributed by atoms with E-state index in [4.69, 9.17) is 4.74 Å². The van der Waals surface area contributed by atoms with Gasteiger partial charge in [-0.1, -0.05) is 18.2 Å². The summed E-state index contributed by atoms with van der Waals surface area (Å²) >= 11 is 1.55. The van der Waals surface area contributed by atoms with E-state index < -0.39 is 0 Å². The first-order valence-electron chi connectivity index (χ1n) is 7.81. The van der Waals surface area contributed by atoms with Crippen LogP contribution in [0.2, 0.25) is 0 Å². The lowest BCUT2D eigenvalue weighted by molar-refractivity contribution is -0.124. The number of rotatable bonds is 8. The van der Waals surface area contributed by atoms with Crippen molar-refractivity contribution in [2.75, 3.05) is 19.7 Å². The van der Waals surface area contributed by atoms with Crippen molar-refractivity contribution < 1.29 is 14.3 Å². The second-order valence-corrected chi connectivity index (χ2v) is 6.48. The van der Waals surface area contributed by atoms with Crippen LogP contribution >= 0.6 is 11.3 Å². The van der Waals surface area contributed by atoms with Gasteiger partial charge >= 0.3 is 0 Å². The first-order valence-corrected chi connectivity index (χ1v) is 8.69. The number of amides is 2. The third-order valence-corrected chi connectivity index (χ3v) is 4.47. The SMILES string of the molecule is Cc1cccc(OCC(=O)NCCNC(=O)Cc2cccs2)c1C. The Morgan fingerprint density at radius 1 is 1.04 bits per heavy atom. The summed E-state index contributed by atoms with van der Waals surface area (Å²) in [6.45, 7) is 4.71. The molecule has 0 fully saturated rings. The first kappa shape index (κ1) is 18.0. The van der Waals surface area contributed by atoms with Crippen LogP contribution in [0.25, 0.3) is 0 Å². The highest BCUT2D eigenvalue weighted by Crippen LogP contribution is 2.20. The molecule has 0 aliphatic carbocycles. The summed E-state index contributed by atoms with van der Waals surface area (Å²) < 4.78 is 5.53. The molecule has 0 spiro atoms. The van der Waals surface area contributed by atoms with Crippen molar-refractivity contribution in [2.45, 2.75) is 20.3 Å². The van der Waals surface area contributed by atoms with Gasteiger partial charge in [-0.25, -0.2) is 0 Å². The summed E-state index contributed by atoms with van der Waals surface area (Å²) in [6.07, 6.45) is 0.376. The van der Waals surface area contributed by atoms with E-state index in [2.05, 4.69) is 10.6 Å². The molecule has 0 saturated heterocycles. The molecule has 0 atom stereocenters. The van der Waals surface area contributed by atoms with Crippen LogP contribution in [-0.4, -0.2) is 31.5 Å². The van der Waals surface area contributed by atoms with E-state index >= 15 is 0 Å². The number of carbonyl (C=O) groups is 2. The van der Waals surface area contributed by atoms with E-state index in [9.17, 15) is 9.59 Å². The number of benzene rings is 1. The van der Waals surface area contributed by atoms with Crippen LogP contribution in [0.4, 0.5) is 0 Å². The molecule has 128 valence electrons. The quantitative estimate of drug-likeness (QED) is 0.720. The molecule has 0 aliphatic heterocycles. The minimum Gasteiger partial charge on any atom is -0.483 e. The lowest BCUT2D eigenvalue weighted by Crippen LogP contribution is -2.37. The molecule has 1 aromatic carbocycles. The van der Waals surface area contributed by atoms with Gasteiger partial charge in [-0.2, -0.15) is 0 Å². The molecule has 2 aromatic rings. The molecule has 6 heteroatoms. The van der Waals surface area contributed by atoms with Crippen LogP contribution < -0.4 is 15.4 Å². The van der Waals surface area contributed by atoms with Gasteiger partial charge in [-0.15, -0.1) is 11.3 Å². The number of carbonyl (C=O) groups excluding carboxylic acids is 2. The van der Waals surface area contributed by atoms with Crippen molar-refractivity contribution in [1.82, 2.24) is 10.6 Å². The Morgan fingerprint density at radius 3 is 2.50 bits per heavy atom. The molecule has 0 saturated carbocycles. The van der Waals surface area contributed by atoms with Gasteiger partial charge in [0.25, 0.3) is 5.91 Å². The van der Waals surface area contributed by atoms with Crippen LogP contribution in [0.5, 0.6) is 5.75 Å².